The number of esters is 1. The molecule has 0 bridgehead atoms. The van der Waals surface area contributed by atoms with Crippen LogP contribution < -0.4 is 5.73 Å². The molecule has 0 radical (unpaired) electrons. The van der Waals surface area contributed by atoms with Crippen LogP contribution in [0.5, 0.6) is 0 Å². The minimum Gasteiger partial charge on any atom is -0.461 e. The van der Waals surface area contributed by atoms with Gasteiger partial charge < -0.3 is 10.5 Å². The molecule has 0 fully saturated rings. The van der Waals surface area contributed by atoms with Crippen LogP contribution in [0.4, 0.5) is 5.69 Å². The van der Waals surface area contributed by atoms with Gasteiger partial charge in [-0.15, -0.1) is 11.6 Å². The zero-order valence-corrected chi connectivity index (χ0v) is 9.78. The van der Waals surface area contributed by atoms with Crippen LogP contribution in [0.2, 0.25) is 0 Å². The number of rotatable bonds is 4. The van der Waals surface area contributed by atoms with Crippen LogP contribution in [0.25, 0.3) is 6.08 Å². The van der Waals surface area contributed by atoms with Crippen molar-refractivity contribution >= 4 is 29.3 Å². The Hall–Kier alpha value is -1.48. The Balaban J connectivity index is 2.47. The Bertz CT molecular complexity index is 371. The molecule has 0 aliphatic carbocycles. The van der Waals surface area contributed by atoms with Gasteiger partial charge in [-0.2, -0.15) is 0 Å². The summed E-state index contributed by atoms with van der Waals surface area (Å²) in [6.45, 7) is 1.98. The normalized spacial score (nSPS) is 12.6. The van der Waals surface area contributed by atoms with Gasteiger partial charge >= 0.3 is 5.97 Å². The predicted octanol–water partition coefficient (Wildman–Crippen LogP) is 2.45. The number of halogens is 1. The van der Waals surface area contributed by atoms with E-state index in [1.54, 1.807) is 25.1 Å². The Labute approximate surface area is 99.8 Å². The van der Waals surface area contributed by atoms with Gasteiger partial charge in [0.15, 0.2) is 0 Å². The van der Waals surface area contributed by atoms with Crippen LogP contribution in [-0.4, -0.2) is 18.0 Å². The van der Waals surface area contributed by atoms with Crippen LogP contribution in [-0.2, 0) is 9.53 Å². The first-order valence-corrected chi connectivity index (χ1v) is 5.36. The molecule has 3 nitrogen and oxygen atoms in total. The van der Waals surface area contributed by atoms with Gasteiger partial charge in [-0.05, 0) is 30.7 Å². The van der Waals surface area contributed by atoms with Gasteiger partial charge in [-0.25, -0.2) is 4.79 Å². The molecule has 16 heavy (non-hydrogen) atoms. The number of alkyl halides is 1. The molecule has 0 aliphatic heterocycles. The Morgan fingerprint density at radius 2 is 2.12 bits per heavy atom. The van der Waals surface area contributed by atoms with Gasteiger partial charge in [0.1, 0.15) is 6.61 Å². The van der Waals surface area contributed by atoms with E-state index in [1.165, 1.54) is 6.08 Å². The number of anilines is 1. The number of hydrogen-bond donors (Lipinski definition) is 1. The summed E-state index contributed by atoms with van der Waals surface area (Å²) in [5.41, 5.74) is 7.12. The molecule has 1 unspecified atom stereocenters. The van der Waals surface area contributed by atoms with Crippen molar-refractivity contribution < 1.29 is 9.53 Å². The summed E-state index contributed by atoms with van der Waals surface area (Å²) in [7, 11) is 0. The van der Waals surface area contributed by atoms with E-state index in [0.717, 1.165) is 5.56 Å². The quantitative estimate of drug-likeness (QED) is 0.380. The Morgan fingerprint density at radius 3 is 2.69 bits per heavy atom. The molecular weight excluding hydrogens is 226 g/mol. The molecule has 4 heteroatoms. The maximum atomic E-state index is 11.2. The second-order valence-electron chi connectivity index (χ2n) is 3.41. The van der Waals surface area contributed by atoms with Crippen molar-refractivity contribution in [2.45, 2.75) is 12.3 Å². The molecule has 0 saturated heterocycles. The fraction of sp³-hybridized carbons (Fsp3) is 0.250. The molecule has 86 valence electrons. The third-order valence-corrected chi connectivity index (χ3v) is 1.93. The highest BCUT2D eigenvalue weighted by Crippen LogP contribution is 2.07. The fourth-order valence-corrected chi connectivity index (χ4v) is 1.08. The van der Waals surface area contributed by atoms with E-state index in [0.29, 0.717) is 5.69 Å². The van der Waals surface area contributed by atoms with E-state index in [1.807, 2.05) is 12.1 Å². The van der Waals surface area contributed by atoms with Crippen molar-refractivity contribution in [2.75, 3.05) is 12.3 Å². The van der Waals surface area contributed by atoms with Crippen LogP contribution in [0.15, 0.2) is 30.3 Å². The molecule has 1 rings (SSSR count). The lowest BCUT2D eigenvalue weighted by Gasteiger charge is -2.02. The number of hydrogen-bond acceptors (Lipinski definition) is 3. The monoisotopic (exact) mass is 239 g/mol. The lowest BCUT2D eigenvalue weighted by molar-refractivity contribution is -0.137. The summed E-state index contributed by atoms with van der Waals surface area (Å²) >= 11 is 5.64. The number of nitrogens with two attached hydrogens (primary N) is 1. The lowest BCUT2D eigenvalue weighted by atomic mass is 10.2. The number of ether oxygens (including phenoxy) is 1. The highest BCUT2D eigenvalue weighted by molar-refractivity contribution is 6.20. The molecule has 1 aromatic carbocycles. The maximum Gasteiger partial charge on any atom is 0.330 e. The third kappa shape index (κ3) is 4.84. The number of benzene rings is 1. The molecule has 2 N–H and O–H groups in total. The van der Waals surface area contributed by atoms with Gasteiger partial charge in [0.05, 0.1) is 5.38 Å². The first-order chi connectivity index (χ1) is 7.58. The van der Waals surface area contributed by atoms with E-state index in [9.17, 15) is 4.79 Å². The van der Waals surface area contributed by atoms with Crippen molar-refractivity contribution in [1.82, 2.24) is 0 Å². The number of carbonyl (C=O) groups is 1. The highest BCUT2D eigenvalue weighted by atomic mass is 35.5. The van der Waals surface area contributed by atoms with Crippen LogP contribution in [0.3, 0.4) is 0 Å². The lowest BCUT2D eigenvalue weighted by Crippen LogP contribution is -2.09. The van der Waals surface area contributed by atoms with Crippen molar-refractivity contribution in [3.05, 3.63) is 35.9 Å². The van der Waals surface area contributed by atoms with Gasteiger partial charge in [0, 0.05) is 11.8 Å². The van der Waals surface area contributed by atoms with Crippen LogP contribution in [0, 0.1) is 0 Å². The van der Waals surface area contributed by atoms with Crippen molar-refractivity contribution in [1.29, 1.82) is 0 Å². The van der Waals surface area contributed by atoms with Crippen molar-refractivity contribution in [2.24, 2.45) is 0 Å². The smallest absolute Gasteiger partial charge is 0.330 e. The SMILES string of the molecule is CC(Cl)COC(=O)/C=C/c1ccc(N)cc1. The number of nitrogen functional groups attached to an aromatic ring is 1. The topological polar surface area (TPSA) is 52.3 Å². The predicted molar refractivity (Wildman–Crippen MR) is 66.2 cm³/mol. The van der Waals surface area contributed by atoms with Crippen LogP contribution >= 0.6 is 11.6 Å². The molecule has 0 aliphatic rings. The molecule has 0 spiro atoms. The fourth-order valence-electron chi connectivity index (χ4n) is 1.02. The summed E-state index contributed by atoms with van der Waals surface area (Å²) in [4.78, 5) is 11.2. The summed E-state index contributed by atoms with van der Waals surface area (Å²) < 4.78 is 4.87. The maximum absolute atomic E-state index is 11.2. The summed E-state index contributed by atoms with van der Waals surface area (Å²) in [6, 6.07) is 7.18. The number of carbonyl (C=O) groups excluding carboxylic acids is 1. The van der Waals surface area contributed by atoms with E-state index >= 15 is 0 Å². The molecular formula is C12H14ClNO2. The average Bonchev–Trinajstić information content (AvgIpc) is 2.25. The molecule has 0 saturated carbocycles. The van der Waals surface area contributed by atoms with Crippen molar-refractivity contribution in [3.8, 4) is 0 Å². The summed E-state index contributed by atoms with van der Waals surface area (Å²) in [6.07, 6.45) is 3.03. The first kappa shape index (κ1) is 12.6. The zero-order chi connectivity index (χ0) is 12.0. The minimum atomic E-state index is -0.399. The summed E-state index contributed by atoms with van der Waals surface area (Å²) in [5.74, 6) is -0.399. The van der Waals surface area contributed by atoms with Crippen LogP contribution in [0.1, 0.15) is 12.5 Å². The van der Waals surface area contributed by atoms with E-state index in [4.69, 9.17) is 22.1 Å². The minimum absolute atomic E-state index is 0.172. The second kappa shape index (κ2) is 6.18. The molecule has 0 amide bonds. The van der Waals surface area contributed by atoms with Crippen molar-refractivity contribution in [3.63, 3.8) is 0 Å². The van der Waals surface area contributed by atoms with Gasteiger partial charge in [0.2, 0.25) is 0 Å². The van der Waals surface area contributed by atoms with E-state index < -0.39 is 5.97 Å². The van der Waals surface area contributed by atoms with E-state index in [-0.39, 0.29) is 12.0 Å². The zero-order valence-electron chi connectivity index (χ0n) is 9.02. The van der Waals surface area contributed by atoms with Gasteiger partial charge in [-0.1, -0.05) is 12.1 Å². The largest absolute Gasteiger partial charge is 0.461 e. The average molecular weight is 240 g/mol. The molecule has 0 aromatic heterocycles. The highest BCUT2D eigenvalue weighted by Gasteiger charge is 2.00. The van der Waals surface area contributed by atoms with Gasteiger partial charge in [-0.3, -0.25) is 0 Å². The van der Waals surface area contributed by atoms with E-state index in [2.05, 4.69) is 0 Å². The Kier molecular flexibility index (Phi) is 4.86. The molecule has 0 heterocycles. The van der Waals surface area contributed by atoms with Gasteiger partial charge in [0.25, 0.3) is 0 Å². The third-order valence-electron chi connectivity index (χ3n) is 1.80. The first-order valence-electron chi connectivity index (χ1n) is 4.92. The summed E-state index contributed by atoms with van der Waals surface area (Å²) in [5, 5.41) is -0.172. The molecule has 1 aromatic rings. The standard InChI is InChI=1S/C12H14ClNO2/c1-9(13)8-16-12(15)7-4-10-2-5-11(14)6-3-10/h2-7,9H,8,14H2,1H3/b7-4+. The molecule has 1 atom stereocenters. The Morgan fingerprint density at radius 1 is 1.50 bits per heavy atom. The second-order valence-corrected chi connectivity index (χ2v) is 4.16.